The van der Waals surface area contributed by atoms with Gasteiger partial charge in [-0.05, 0) is 30.5 Å². The maximum Gasteiger partial charge on any atom is 0.125 e. The first kappa shape index (κ1) is 9.08. The SMILES string of the molecule is Cc1cc(CC#N)cc2c1OC(C)C2. The van der Waals surface area contributed by atoms with E-state index >= 15 is 0 Å². The van der Waals surface area contributed by atoms with Crippen LogP contribution in [0.4, 0.5) is 0 Å². The molecule has 1 aromatic carbocycles. The highest BCUT2D eigenvalue weighted by Crippen LogP contribution is 2.33. The summed E-state index contributed by atoms with van der Waals surface area (Å²) in [7, 11) is 0. The monoisotopic (exact) mass is 187 g/mol. The topological polar surface area (TPSA) is 33.0 Å². The molecule has 0 saturated heterocycles. The number of aryl methyl sites for hydroxylation is 1. The van der Waals surface area contributed by atoms with Gasteiger partial charge in [0.05, 0.1) is 12.5 Å². The van der Waals surface area contributed by atoms with E-state index in [0.29, 0.717) is 6.42 Å². The van der Waals surface area contributed by atoms with Crippen molar-refractivity contribution in [1.82, 2.24) is 0 Å². The Labute approximate surface area is 84.1 Å². The van der Waals surface area contributed by atoms with E-state index in [9.17, 15) is 0 Å². The normalized spacial score (nSPS) is 18.5. The van der Waals surface area contributed by atoms with Gasteiger partial charge in [-0.2, -0.15) is 5.26 Å². The van der Waals surface area contributed by atoms with E-state index < -0.39 is 0 Å². The van der Waals surface area contributed by atoms with Crippen LogP contribution < -0.4 is 4.74 Å². The van der Waals surface area contributed by atoms with E-state index in [1.54, 1.807) is 0 Å². The molecule has 0 aromatic heterocycles. The van der Waals surface area contributed by atoms with Gasteiger partial charge in [-0.1, -0.05) is 12.1 Å². The van der Waals surface area contributed by atoms with Gasteiger partial charge in [0.2, 0.25) is 0 Å². The molecule has 1 aromatic rings. The Kier molecular flexibility index (Phi) is 2.17. The van der Waals surface area contributed by atoms with Gasteiger partial charge in [-0.15, -0.1) is 0 Å². The third-order valence-corrected chi connectivity index (χ3v) is 2.52. The lowest BCUT2D eigenvalue weighted by Crippen LogP contribution is -2.05. The summed E-state index contributed by atoms with van der Waals surface area (Å²) >= 11 is 0. The van der Waals surface area contributed by atoms with E-state index in [-0.39, 0.29) is 6.10 Å². The summed E-state index contributed by atoms with van der Waals surface area (Å²) in [6, 6.07) is 6.31. The Balaban J connectivity index is 2.42. The predicted molar refractivity (Wildman–Crippen MR) is 54.3 cm³/mol. The van der Waals surface area contributed by atoms with Crippen molar-refractivity contribution in [3.8, 4) is 11.8 Å². The maximum absolute atomic E-state index is 8.63. The van der Waals surface area contributed by atoms with Crippen molar-refractivity contribution in [3.63, 3.8) is 0 Å². The molecule has 0 spiro atoms. The largest absolute Gasteiger partial charge is 0.490 e. The molecule has 1 atom stereocenters. The lowest BCUT2D eigenvalue weighted by molar-refractivity contribution is 0.253. The third-order valence-electron chi connectivity index (χ3n) is 2.52. The summed E-state index contributed by atoms with van der Waals surface area (Å²) in [4.78, 5) is 0. The first-order chi connectivity index (χ1) is 6.70. The molecule has 0 aliphatic carbocycles. The van der Waals surface area contributed by atoms with E-state index in [0.717, 1.165) is 23.3 Å². The minimum absolute atomic E-state index is 0.279. The Bertz CT molecular complexity index is 404. The molecular weight excluding hydrogens is 174 g/mol. The van der Waals surface area contributed by atoms with Crippen LogP contribution in [0.5, 0.6) is 5.75 Å². The van der Waals surface area contributed by atoms with Gasteiger partial charge in [0.25, 0.3) is 0 Å². The fraction of sp³-hybridized carbons (Fsp3) is 0.417. The zero-order chi connectivity index (χ0) is 10.1. The first-order valence-electron chi connectivity index (χ1n) is 4.86. The second-order valence-corrected chi connectivity index (χ2v) is 3.87. The van der Waals surface area contributed by atoms with Crippen LogP contribution in [-0.4, -0.2) is 6.10 Å². The number of rotatable bonds is 1. The minimum Gasteiger partial charge on any atom is -0.490 e. The van der Waals surface area contributed by atoms with Crippen LogP contribution in [0.3, 0.4) is 0 Å². The number of benzene rings is 1. The molecule has 1 aliphatic rings. The standard InChI is InChI=1S/C12H13NO/c1-8-5-10(3-4-13)7-11-6-9(2)14-12(8)11/h5,7,9H,3,6H2,1-2H3. The highest BCUT2D eigenvalue weighted by atomic mass is 16.5. The summed E-state index contributed by atoms with van der Waals surface area (Å²) in [5.41, 5.74) is 3.50. The highest BCUT2D eigenvalue weighted by Gasteiger charge is 2.21. The molecule has 0 radical (unpaired) electrons. The molecule has 0 N–H and O–H groups in total. The van der Waals surface area contributed by atoms with Crippen LogP contribution in [0.25, 0.3) is 0 Å². The van der Waals surface area contributed by atoms with Gasteiger partial charge in [0.15, 0.2) is 0 Å². The number of hydrogen-bond acceptors (Lipinski definition) is 2. The lowest BCUT2D eigenvalue weighted by atomic mass is 10.0. The van der Waals surface area contributed by atoms with E-state index in [1.807, 2.05) is 13.0 Å². The van der Waals surface area contributed by atoms with Gasteiger partial charge in [-0.25, -0.2) is 0 Å². The average molecular weight is 187 g/mol. The second kappa shape index (κ2) is 3.34. The molecule has 0 bridgehead atoms. The Morgan fingerprint density at radius 2 is 2.36 bits per heavy atom. The van der Waals surface area contributed by atoms with Crippen molar-refractivity contribution in [2.24, 2.45) is 0 Å². The Morgan fingerprint density at radius 3 is 3.07 bits per heavy atom. The fourth-order valence-electron chi connectivity index (χ4n) is 1.99. The molecule has 14 heavy (non-hydrogen) atoms. The molecule has 2 nitrogen and oxygen atoms in total. The number of fused-ring (bicyclic) bond motifs is 1. The minimum atomic E-state index is 0.279. The molecule has 1 heterocycles. The average Bonchev–Trinajstić information content (AvgIpc) is 2.47. The predicted octanol–water partition coefficient (Wildman–Crippen LogP) is 2.38. The summed E-state index contributed by atoms with van der Waals surface area (Å²) < 4.78 is 5.69. The number of nitriles is 1. The lowest BCUT2D eigenvalue weighted by Gasteiger charge is -2.06. The van der Waals surface area contributed by atoms with Crippen molar-refractivity contribution in [2.75, 3.05) is 0 Å². The molecule has 1 unspecified atom stereocenters. The van der Waals surface area contributed by atoms with Crippen molar-refractivity contribution >= 4 is 0 Å². The number of nitrogens with zero attached hydrogens (tertiary/aromatic N) is 1. The molecule has 1 aliphatic heterocycles. The van der Waals surface area contributed by atoms with Crippen molar-refractivity contribution < 1.29 is 4.74 Å². The van der Waals surface area contributed by atoms with Crippen LogP contribution >= 0.6 is 0 Å². The van der Waals surface area contributed by atoms with Crippen molar-refractivity contribution in [2.45, 2.75) is 32.8 Å². The molecule has 72 valence electrons. The molecule has 0 fully saturated rings. The van der Waals surface area contributed by atoms with Crippen LogP contribution in [0.2, 0.25) is 0 Å². The number of hydrogen-bond donors (Lipinski definition) is 0. The van der Waals surface area contributed by atoms with Gasteiger partial charge in [0, 0.05) is 6.42 Å². The Morgan fingerprint density at radius 1 is 1.57 bits per heavy atom. The number of ether oxygens (including phenoxy) is 1. The molecule has 2 rings (SSSR count). The third kappa shape index (κ3) is 1.46. The Hall–Kier alpha value is -1.49. The molecular formula is C12H13NO. The van der Waals surface area contributed by atoms with Crippen LogP contribution in [-0.2, 0) is 12.8 Å². The summed E-state index contributed by atoms with van der Waals surface area (Å²) in [6.07, 6.45) is 1.74. The fourth-order valence-corrected chi connectivity index (χ4v) is 1.99. The zero-order valence-electron chi connectivity index (χ0n) is 8.50. The van der Waals surface area contributed by atoms with E-state index in [1.165, 1.54) is 5.56 Å². The quantitative estimate of drug-likeness (QED) is 0.676. The summed E-state index contributed by atoms with van der Waals surface area (Å²) in [6.45, 7) is 4.11. The second-order valence-electron chi connectivity index (χ2n) is 3.87. The van der Waals surface area contributed by atoms with Crippen molar-refractivity contribution in [3.05, 3.63) is 28.8 Å². The van der Waals surface area contributed by atoms with E-state index in [4.69, 9.17) is 10.00 Å². The van der Waals surface area contributed by atoms with Gasteiger partial charge in [-0.3, -0.25) is 0 Å². The van der Waals surface area contributed by atoms with Gasteiger partial charge < -0.3 is 4.74 Å². The van der Waals surface area contributed by atoms with Crippen LogP contribution in [0.1, 0.15) is 23.6 Å². The summed E-state index contributed by atoms with van der Waals surface area (Å²) in [5, 5.41) is 8.63. The van der Waals surface area contributed by atoms with E-state index in [2.05, 4.69) is 19.1 Å². The molecule has 2 heteroatoms. The van der Waals surface area contributed by atoms with Crippen LogP contribution in [0.15, 0.2) is 12.1 Å². The first-order valence-corrected chi connectivity index (χ1v) is 4.86. The summed E-state index contributed by atoms with van der Waals surface area (Å²) in [5.74, 6) is 1.03. The van der Waals surface area contributed by atoms with Gasteiger partial charge in [0.1, 0.15) is 11.9 Å². The smallest absolute Gasteiger partial charge is 0.125 e. The van der Waals surface area contributed by atoms with Crippen LogP contribution in [0, 0.1) is 18.3 Å². The highest BCUT2D eigenvalue weighted by molar-refractivity contribution is 5.47. The van der Waals surface area contributed by atoms with Gasteiger partial charge >= 0.3 is 0 Å². The zero-order valence-corrected chi connectivity index (χ0v) is 8.50. The van der Waals surface area contributed by atoms with Crippen molar-refractivity contribution in [1.29, 1.82) is 5.26 Å². The molecule has 0 amide bonds. The maximum atomic E-state index is 8.63. The molecule has 0 saturated carbocycles.